The first-order chi connectivity index (χ1) is 5.20. The highest BCUT2D eigenvalue weighted by Gasteiger charge is 2.03. The minimum absolute atomic E-state index is 0.151. The summed E-state index contributed by atoms with van der Waals surface area (Å²) in [6, 6.07) is 0.161. The molecule has 0 saturated carbocycles. The van der Waals surface area contributed by atoms with Crippen LogP contribution in [0.4, 0.5) is 0 Å². The summed E-state index contributed by atoms with van der Waals surface area (Å²) >= 11 is 0. The fraction of sp³-hybridized carbons (Fsp3) is 1.00. The van der Waals surface area contributed by atoms with Gasteiger partial charge in [-0.2, -0.15) is 0 Å². The van der Waals surface area contributed by atoms with Gasteiger partial charge in [-0.1, -0.05) is 6.92 Å². The van der Waals surface area contributed by atoms with Crippen molar-refractivity contribution in [1.82, 2.24) is 0 Å². The van der Waals surface area contributed by atoms with Crippen molar-refractivity contribution in [1.29, 1.82) is 0 Å². The van der Waals surface area contributed by atoms with Crippen molar-refractivity contribution in [3.05, 3.63) is 0 Å². The van der Waals surface area contributed by atoms with E-state index in [1.165, 1.54) is 0 Å². The minimum atomic E-state index is 0.151. The molecule has 3 nitrogen and oxygen atoms in total. The monoisotopic (exact) mass is 161 g/mol. The Labute approximate surface area is 68.9 Å². The van der Waals surface area contributed by atoms with E-state index in [0.29, 0.717) is 13.2 Å². The Kier molecular flexibility index (Phi) is 6.51. The van der Waals surface area contributed by atoms with E-state index >= 15 is 0 Å². The lowest BCUT2D eigenvalue weighted by molar-refractivity contribution is 0.00322. The number of hydrogen-bond acceptors (Lipinski definition) is 3. The summed E-state index contributed by atoms with van der Waals surface area (Å²) < 4.78 is 10.3. The van der Waals surface area contributed by atoms with Crippen LogP contribution >= 0.6 is 0 Å². The third-order valence-electron chi connectivity index (χ3n) is 1.52. The van der Waals surface area contributed by atoms with Crippen molar-refractivity contribution < 1.29 is 9.47 Å². The van der Waals surface area contributed by atoms with Gasteiger partial charge in [0.25, 0.3) is 0 Å². The minimum Gasteiger partial charge on any atom is -0.382 e. The van der Waals surface area contributed by atoms with Gasteiger partial charge in [0.05, 0.1) is 19.3 Å². The van der Waals surface area contributed by atoms with Crippen molar-refractivity contribution in [2.24, 2.45) is 5.73 Å². The molecule has 0 aromatic rings. The van der Waals surface area contributed by atoms with Gasteiger partial charge < -0.3 is 15.2 Å². The topological polar surface area (TPSA) is 44.5 Å². The summed E-state index contributed by atoms with van der Waals surface area (Å²) in [6.07, 6.45) is 1.11. The normalized spacial score (nSPS) is 16.4. The molecular weight excluding hydrogens is 142 g/mol. The molecule has 11 heavy (non-hydrogen) atoms. The van der Waals surface area contributed by atoms with Crippen molar-refractivity contribution >= 4 is 0 Å². The second kappa shape index (κ2) is 6.58. The average Bonchev–Trinajstić information content (AvgIpc) is 2.01. The molecule has 0 rings (SSSR count). The van der Waals surface area contributed by atoms with Crippen LogP contribution in [0.25, 0.3) is 0 Å². The highest BCUT2D eigenvalue weighted by atomic mass is 16.5. The summed E-state index contributed by atoms with van der Waals surface area (Å²) in [4.78, 5) is 0. The molecule has 0 spiro atoms. The highest BCUT2D eigenvalue weighted by molar-refractivity contribution is 4.57. The van der Waals surface area contributed by atoms with Crippen LogP contribution in [0, 0.1) is 0 Å². The average molecular weight is 161 g/mol. The van der Waals surface area contributed by atoms with Crippen molar-refractivity contribution in [2.45, 2.75) is 32.4 Å². The zero-order valence-corrected chi connectivity index (χ0v) is 7.67. The van der Waals surface area contributed by atoms with Gasteiger partial charge in [-0.3, -0.25) is 0 Å². The summed E-state index contributed by atoms with van der Waals surface area (Å²) in [6.45, 7) is 5.29. The van der Waals surface area contributed by atoms with Gasteiger partial charge in [0.1, 0.15) is 0 Å². The van der Waals surface area contributed by atoms with Crippen molar-refractivity contribution in [2.75, 3.05) is 20.3 Å². The third-order valence-corrected chi connectivity index (χ3v) is 1.52. The molecule has 0 aliphatic carbocycles. The Balaban J connectivity index is 3.22. The van der Waals surface area contributed by atoms with Gasteiger partial charge >= 0.3 is 0 Å². The molecule has 2 N–H and O–H groups in total. The molecule has 2 unspecified atom stereocenters. The largest absolute Gasteiger partial charge is 0.382 e. The third kappa shape index (κ3) is 6.28. The molecule has 0 radical (unpaired) electrons. The van der Waals surface area contributed by atoms with Gasteiger partial charge in [-0.05, 0) is 13.3 Å². The van der Waals surface area contributed by atoms with E-state index in [2.05, 4.69) is 6.92 Å². The zero-order chi connectivity index (χ0) is 8.69. The van der Waals surface area contributed by atoms with Crippen LogP contribution in [0.15, 0.2) is 0 Å². The Morgan fingerprint density at radius 3 is 2.45 bits per heavy atom. The summed E-state index contributed by atoms with van der Waals surface area (Å²) in [5.41, 5.74) is 5.65. The van der Waals surface area contributed by atoms with Crippen LogP contribution in [0.3, 0.4) is 0 Å². The van der Waals surface area contributed by atoms with Crippen molar-refractivity contribution in [3.63, 3.8) is 0 Å². The lowest BCUT2D eigenvalue weighted by Gasteiger charge is -2.14. The number of ether oxygens (including phenoxy) is 2. The second-order valence-corrected chi connectivity index (χ2v) is 2.77. The Hall–Kier alpha value is -0.120. The number of rotatable bonds is 6. The van der Waals surface area contributed by atoms with Gasteiger partial charge in [0.2, 0.25) is 0 Å². The quantitative estimate of drug-likeness (QED) is 0.626. The lowest BCUT2D eigenvalue weighted by atomic mass is 10.2. The van der Waals surface area contributed by atoms with E-state index < -0.39 is 0 Å². The van der Waals surface area contributed by atoms with Crippen molar-refractivity contribution in [3.8, 4) is 0 Å². The summed E-state index contributed by atoms with van der Waals surface area (Å²) in [7, 11) is 1.67. The van der Waals surface area contributed by atoms with E-state index in [0.717, 1.165) is 6.42 Å². The van der Waals surface area contributed by atoms with Gasteiger partial charge in [-0.25, -0.2) is 0 Å². The van der Waals surface area contributed by atoms with E-state index in [-0.39, 0.29) is 12.1 Å². The maximum atomic E-state index is 5.65. The first-order valence-corrected chi connectivity index (χ1v) is 4.06. The van der Waals surface area contributed by atoms with E-state index in [1.807, 2.05) is 6.92 Å². The van der Waals surface area contributed by atoms with Crippen LogP contribution in [0.5, 0.6) is 0 Å². The van der Waals surface area contributed by atoms with Crippen LogP contribution in [0.1, 0.15) is 20.3 Å². The fourth-order valence-corrected chi connectivity index (χ4v) is 0.689. The zero-order valence-electron chi connectivity index (χ0n) is 7.67. The van der Waals surface area contributed by atoms with E-state index in [4.69, 9.17) is 15.2 Å². The first-order valence-electron chi connectivity index (χ1n) is 4.06. The number of methoxy groups -OCH3 is 1. The number of nitrogens with two attached hydrogens (primary N) is 1. The molecule has 0 aromatic heterocycles. The lowest BCUT2D eigenvalue weighted by Crippen LogP contribution is -2.28. The molecule has 0 aliphatic rings. The molecule has 0 heterocycles. The van der Waals surface area contributed by atoms with Gasteiger partial charge in [0.15, 0.2) is 0 Å². The molecule has 0 saturated heterocycles. The molecule has 0 fully saturated rings. The fourth-order valence-electron chi connectivity index (χ4n) is 0.689. The molecule has 0 bridgehead atoms. The Morgan fingerprint density at radius 2 is 2.00 bits per heavy atom. The Bertz CT molecular complexity index is 88.2. The van der Waals surface area contributed by atoms with Crippen LogP contribution in [0.2, 0.25) is 0 Å². The summed E-state index contributed by atoms with van der Waals surface area (Å²) in [5.74, 6) is 0. The molecule has 0 aromatic carbocycles. The predicted octanol–water partition coefficient (Wildman–Crippen LogP) is 0.775. The van der Waals surface area contributed by atoms with Gasteiger partial charge in [0, 0.05) is 13.2 Å². The van der Waals surface area contributed by atoms with Crippen LogP contribution in [-0.4, -0.2) is 32.5 Å². The summed E-state index contributed by atoms with van der Waals surface area (Å²) in [5, 5.41) is 0. The highest BCUT2D eigenvalue weighted by Crippen LogP contribution is 1.94. The molecule has 2 atom stereocenters. The standard InChI is InChI=1S/C8H19NO2/c1-4-8(9)6-11-7(2)5-10-3/h7-8H,4-6,9H2,1-3H3. The Morgan fingerprint density at radius 1 is 1.36 bits per heavy atom. The van der Waals surface area contributed by atoms with Crippen LogP contribution < -0.4 is 5.73 Å². The molecule has 0 amide bonds. The van der Waals surface area contributed by atoms with E-state index in [1.54, 1.807) is 7.11 Å². The second-order valence-electron chi connectivity index (χ2n) is 2.77. The smallest absolute Gasteiger partial charge is 0.0781 e. The molecule has 68 valence electrons. The van der Waals surface area contributed by atoms with Crippen LogP contribution in [-0.2, 0) is 9.47 Å². The molecule has 0 aliphatic heterocycles. The SMILES string of the molecule is CCC(N)COC(C)COC. The van der Waals surface area contributed by atoms with E-state index in [9.17, 15) is 0 Å². The maximum absolute atomic E-state index is 5.65. The number of hydrogen-bond donors (Lipinski definition) is 1. The predicted molar refractivity (Wildman–Crippen MR) is 45.6 cm³/mol. The molecular formula is C8H19NO2. The molecule has 3 heteroatoms. The van der Waals surface area contributed by atoms with Gasteiger partial charge in [-0.15, -0.1) is 0 Å². The first kappa shape index (κ1) is 10.9. The maximum Gasteiger partial charge on any atom is 0.0781 e.